The fraction of sp³-hybridized carbons (Fsp3) is 0.190. The summed E-state index contributed by atoms with van der Waals surface area (Å²) in [5.41, 5.74) is 2.66. The molecule has 2 aromatic carbocycles. The Morgan fingerprint density at radius 3 is 2.76 bits per heavy atom. The summed E-state index contributed by atoms with van der Waals surface area (Å²) < 4.78 is 10.4. The predicted molar refractivity (Wildman–Crippen MR) is 113 cm³/mol. The third-order valence-corrected chi connectivity index (χ3v) is 4.99. The average molecular weight is 412 g/mol. The van der Waals surface area contributed by atoms with Gasteiger partial charge in [0.2, 0.25) is 0 Å². The number of nitrogens with zero attached hydrogens (tertiary/aromatic N) is 1. The summed E-state index contributed by atoms with van der Waals surface area (Å²) in [7, 11) is 1.47. The first-order chi connectivity index (χ1) is 14.0. The van der Waals surface area contributed by atoms with Gasteiger partial charge in [-0.25, -0.2) is 9.79 Å². The summed E-state index contributed by atoms with van der Waals surface area (Å²) >= 11 is 1.26. The number of amides is 1. The molecule has 3 rings (SSSR count). The van der Waals surface area contributed by atoms with Crippen molar-refractivity contribution in [1.82, 2.24) is 5.32 Å². The lowest BCUT2D eigenvalue weighted by Crippen LogP contribution is -2.19. The summed E-state index contributed by atoms with van der Waals surface area (Å²) in [5, 5.41) is 12.0. The monoisotopic (exact) mass is 412 g/mol. The largest absolute Gasteiger partial charge is 0.493 e. The van der Waals surface area contributed by atoms with E-state index in [1.807, 2.05) is 24.3 Å². The van der Waals surface area contributed by atoms with Gasteiger partial charge in [-0.3, -0.25) is 4.79 Å². The average Bonchev–Trinajstić information content (AvgIpc) is 3.05. The number of carboxylic acids is 1. The highest BCUT2D eigenvalue weighted by Gasteiger charge is 2.24. The first kappa shape index (κ1) is 20.5. The second-order valence-electron chi connectivity index (χ2n) is 6.06. The van der Waals surface area contributed by atoms with Crippen molar-refractivity contribution in [1.29, 1.82) is 0 Å². The minimum atomic E-state index is -1.08. The van der Waals surface area contributed by atoms with Crippen LogP contribution in [0.15, 0.2) is 52.4 Å². The number of hydrogen-bond donors (Lipinski definition) is 2. The Hall–Kier alpha value is -3.26. The molecule has 0 aromatic heterocycles. The number of aliphatic imine (C=N–C) groups is 1. The van der Waals surface area contributed by atoms with Gasteiger partial charge in [-0.1, -0.05) is 31.2 Å². The van der Waals surface area contributed by atoms with Crippen molar-refractivity contribution in [2.45, 2.75) is 13.3 Å². The number of hydrogen-bond acceptors (Lipinski definition) is 6. The Morgan fingerprint density at radius 1 is 1.24 bits per heavy atom. The van der Waals surface area contributed by atoms with Gasteiger partial charge in [0.1, 0.15) is 0 Å². The summed E-state index contributed by atoms with van der Waals surface area (Å²) in [5.74, 6) is -0.601. The second kappa shape index (κ2) is 9.29. The standard InChI is InChI=1S/C21H20N2O5S/c1-3-14-6-4-5-7-15(14)22-21-23-20(26)18(29-21)11-13-8-9-16(17(10-13)27-2)28-12-19(24)25/h4-11H,3,12H2,1-2H3,(H,24,25)(H,22,23,26)/b18-11+. The minimum absolute atomic E-state index is 0.229. The maximum atomic E-state index is 12.3. The molecule has 2 N–H and O–H groups in total. The van der Waals surface area contributed by atoms with Gasteiger partial charge >= 0.3 is 5.97 Å². The number of benzene rings is 2. The van der Waals surface area contributed by atoms with Crippen LogP contribution in [0.25, 0.3) is 6.08 Å². The zero-order valence-electron chi connectivity index (χ0n) is 16.0. The molecule has 0 atom stereocenters. The summed E-state index contributed by atoms with van der Waals surface area (Å²) in [6, 6.07) is 12.8. The van der Waals surface area contributed by atoms with E-state index in [1.165, 1.54) is 18.9 Å². The highest BCUT2D eigenvalue weighted by Crippen LogP contribution is 2.32. The molecule has 0 saturated carbocycles. The lowest BCUT2D eigenvalue weighted by Gasteiger charge is -2.09. The first-order valence-corrected chi connectivity index (χ1v) is 9.72. The van der Waals surface area contributed by atoms with E-state index in [4.69, 9.17) is 14.6 Å². The number of aliphatic carboxylic acids is 1. The van der Waals surface area contributed by atoms with Crippen LogP contribution in [0.2, 0.25) is 0 Å². The molecule has 1 saturated heterocycles. The topological polar surface area (TPSA) is 97.2 Å². The molecule has 0 radical (unpaired) electrons. The molecule has 29 heavy (non-hydrogen) atoms. The number of methoxy groups -OCH3 is 1. The Labute approximate surface area is 172 Å². The number of para-hydroxylation sites is 1. The van der Waals surface area contributed by atoms with E-state index < -0.39 is 12.6 Å². The summed E-state index contributed by atoms with van der Waals surface area (Å²) in [4.78, 5) is 28.1. The number of amidine groups is 1. The third kappa shape index (κ3) is 5.17. The van der Waals surface area contributed by atoms with Crippen LogP contribution >= 0.6 is 11.8 Å². The van der Waals surface area contributed by atoms with Crippen LogP contribution in [0.4, 0.5) is 5.69 Å². The Morgan fingerprint density at radius 2 is 2.03 bits per heavy atom. The van der Waals surface area contributed by atoms with E-state index in [0.29, 0.717) is 21.6 Å². The van der Waals surface area contributed by atoms with Crippen molar-refractivity contribution >= 4 is 40.6 Å². The highest BCUT2D eigenvalue weighted by atomic mass is 32.2. The molecule has 150 valence electrons. The number of carboxylic acid groups (broad SMARTS) is 1. The van der Waals surface area contributed by atoms with Gasteiger partial charge < -0.3 is 19.9 Å². The van der Waals surface area contributed by atoms with Crippen molar-refractivity contribution in [3.8, 4) is 11.5 Å². The lowest BCUT2D eigenvalue weighted by atomic mass is 10.1. The van der Waals surface area contributed by atoms with Gasteiger partial charge in [-0.05, 0) is 53.6 Å². The van der Waals surface area contributed by atoms with E-state index in [2.05, 4.69) is 17.2 Å². The van der Waals surface area contributed by atoms with Crippen LogP contribution in [0, 0.1) is 0 Å². The number of aryl methyl sites for hydroxylation is 1. The molecule has 0 bridgehead atoms. The number of ether oxygens (including phenoxy) is 2. The molecule has 8 heteroatoms. The van der Waals surface area contributed by atoms with Crippen LogP contribution in [0.1, 0.15) is 18.1 Å². The molecule has 1 heterocycles. The zero-order valence-corrected chi connectivity index (χ0v) is 16.8. The first-order valence-electron chi connectivity index (χ1n) is 8.90. The van der Waals surface area contributed by atoms with Gasteiger partial charge in [0.05, 0.1) is 17.7 Å². The number of carbonyl (C=O) groups excluding carboxylic acids is 1. The van der Waals surface area contributed by atoms with Crippen molar-refractivity contribution in [2.75, 3.05) is 13.7 Å². The zero-order chi connectivity index (χ0) is 20.8. The van der Waals surface area contributed by atoms with Gasteiger partial charge in [-0.15, -0.1) is 0 Å². The van der Waals surface area contributed by atoms with E-state index in [1.54, 1.807) is 24.3 Å². The molecular weight excluding hydrogens is 392 g/mol. The van der Waals surface area contributed by atoms with Crippen LogP contribution in [0.3, 0.4) is 0 Å². The smallest absolute Gasteiger partial charge is 0.341 e. The Balaban J connectivity index is 1.81. The quantitative estimate of drug-likeness (QED) is 0.675. The molecule has 1 aliphatic rings. The molecule has 1 aliphatic heterocycles. The number of thioether (sulfide) groups is 1. The van der Waals surface area contributed by atoms with E-state index in [9.17, 15) is 9.59 Å². The van der Waals surface area contributed by atoms with E-state index >= 15 is 0 Å². The minimum Gasteiger partial charge on any atom is -0.493 e. The molecule has 0 spiro atoms. The number of carbonyl (C=O) groups is 2. The molecule has 1 fully saturated rings. The van der Waals surface area contributed by atoms with E-state index in [-0.39, 0.29) is 5.91 Å². The summed E-state index contributed by atoms with van der Waals surface area (Å²) in [6.45, 7) is 1.59. The molecule has 0 unspecified atom stereocenters. The van der Waals surface area contributed by atoms with Crippen LogP contribution in [-0.4, -0.2) is 35.9 Å². The van der Waals surface area contributed by atoms with Gasteiger partial charge in [0.25, 0.3) is 5.91 Å². The Bertz CT molecular complexity index is 1000. The van der Waals surface area contributed by atoms with Crippen molar-refractivity contribution in [2.24, 2.45) is 4.99 Å². The maximum Gasteiger partial charge on any atom is 0.341 e. The molecular formula is C21H20N2O5S. The SMILES string of the molecule is CCc1ccccc1N=C1NC(=O)/C(=C\c2ccc(OCC(=O)O)c(OC)c2)S1. The van der Waals surface area contributed by atoms with Gasteiger partial charge in [0, 0.05) is 0 Å². The van der Waals surface area contributed by atoms with E-state index in [0.717, 1.165) is 23.2 Å². The fourth-order valence-electron chi connectivity index (χ4n) is 2.69. The molecule has 7 nitrogen and oxygen atoms in total. The van der Waals surface area contributed by atoms with Gasteiger partial charge in [0.15, 0.2) is 23.3 Å². The maximum absolute atomic E-state index is 12.3. The second-order valence-corrected chi connectivity index (χ2v) is 7.09. The highest BCUT2D eigenvalue weighted by molar-refractivity contribution is 8.18. The number of rotatable bonds is 7. The van der Waals surface area contributed by atoms with Crippen molar-refractivity contribution in [3.63, 3.8) is 0 Å². The fourth-order valence-corrected chi connectivity index (χ4v) is 3.53. The summed E-state index contributed by atoms with van der Waals surface area (Å²) in [6.07, 6.45) is 2.57. The van der Waals surface area contributed by atoms with Crippen LogP contribution < -0.4 is 14.8 Å². The predicted octanol–water partition coefficient (Wildman–Crippen LogP) is 3.61. The Kier molecular flexibility index (Phi) is 6.56. The number of nitrogens with one attached hydrogen (secondary N) is 1. The third-order valence-electron chi connectivity index (χ3n) is 4.08. The van der Waals surface area contributed by atoms with Crippen molar-refractivity contribution < 1.29 is 24.2 Å². The van der Waals surface area contributed by atoms with Crippen molar-refractivity contribution in [3.05, 3.63) is 58.5 Å². The van der Waals surface area contributed by atoms with Crippen LogP contribution in [0.5, 0.6) is 11.5 Å². The molecule has 1 amide bonds. The molecule has 2 aromatic rings. The normalized spacial score (nSPS) is 16.1. The molecule has 0 aliphatic carbocycles. The van der Waals surface area contributed by atoms with Gasteiger partial charge in [-0.2, -0.15) is 0 Å². The lowest BCUT2D eigenvalue weighted by molar-refractivity contribution is -0.139. The van der Waals surface area contributed by atoms with Crippen LogP contribution in [-0.2, 0) is 16.0 Å².